The van der Waals surface area contributed by atoms with Crippen LogP contribution < -0.4 is 11.1 Å². The van der Waals surface area contributed by atoms with Crippen molar-refractivity contribution in [2.24, 2.45) is 5.73 Å². The number of anilines is 1. The molecule has 3 unspecified atom stereocenters. The number of nitrogens with zero attached hydrogens (tertiary/aromatic N) is 1. The third kappa shape index (κ3) is 1.47. The zero-order chi connectivity index (χ0) is 13.9. The van der Waals surface area contributed by atoms with Gasteiger partial charge < -0.3 is 15.8 Å². The van der Waals surface area contributed by atoms with Crippen molar-refractivity contribution in [3.05, 3.63) is 29.3 Å². The first-order valence-corrected chi connectivity index (χ1v) is 7.54. The largest absolute Gasteiger partial charge is 0.384 e. The maximum atomic E-state index is 6.30. The fraction of sp³-hybridized carbons (Fsp3) is 0.625. The first-order valence-electron chi connectivity index (χ1n) is 7.54. The number of piperidine rings is 1. The van der Waals surface area contributed by atoms with E-state index in [1.807, 2.05) is 7.11 Å². The molecule has 1 aliphatic carbocycles. The van der Waals surface area contributed by atoms with E-state index in [1.54, 1.807) is 0 Å². The lowest BCUT2D eigenvalue weighted by atomic mass is 9.66. The van der Waals surface area contributed by atoms with Crippen LogP contribution in [-0.4, -0.2) is 44.2 Å². The summed E-state index contributed by atoms with van der Waals surface area (Å²) in [4.78, 5) is 2.41. The van der Waals surface area contributed by atoms with Crippen molar-refractivity contribution in [2.45, 2.75) is 36.4 Å². The van der Waals surface area contributed by atoms with E-state index in [9.17, 15) is 0 Å². The smallest absolute Gasteiger partial charge is 0.110 e. The minimum atomic E-state index is -0.236. The van der Waals surface area contributed by atoms with Crippen LogP contribution in [0.25, 0.3) is 0 Å². The lowest BCUT2D eigenvalue weighted by Gasteiger charge is -2.54. The van der Waals surface area contributed by atoms with Gasteiger partial charge in [-0.2, -0.15) is 0 Å². The molecule has 0 bridgehead atoms. The number of methoxy groups -OCH3 is 1. The molecule has 0 amide bonds. The van der Waals surface area contributed by atoms with Crippen LogP contribution in [0.3, 0.4) is 0 Å². The zero-order valence-corrected chi connectivity index (χ0v) is 12.2. The second kappa shape index (κ2) is 4.20. The highest BCUT2D eigenvalue weighted by Crippen LogP contribution is 2.53. The second-order valence-corrected chi connectivity index (χ2v) is 6.59. The van der Waals surface area contributed by atoms with E-state index in [-0.39, 0.29) is 11.6 Å². The highest BCUT2D eigenvalue weighted by atomic mass is 16.5. The number of likely N-dealkylation sites (N-methyl/N-ethyl adjacent to an activating group) is 1. The van der Waals surface area contributed by atoms with Crippen molar-refractivity contribution in [3.63, 3.8) is 0 Å². The number of benzene rings is 1. The maximum Gasteiger partial charge on any atom is 0.110 e. The monoisotopic (exact) mass is 273 g/mol. The standard InChI is InChI=1S/C16H23N3O/c1-19-9-11(17)7-16(20-2)12-4-3-5-13-15(12)10(8-18-13)6-14(16)19/h3-5,10-11,14,18H,6-9,17H2,1-2H3/t10?,11?,14-,16?/m1/s1. The van der Waals surface area contributed by atoms with Gasteiger partial charge in [0.25, 0.3) is 0 Å². The molecular formula is C16H23N3O. The van der Waals surface area contributed by atoms with Crippen molar-refractivity contribution in [3.8, 4) is 0 Å². The fourth-order valence-electron chi connectivity index (χ4n) is 4.77. The molecule has 4 heteroatoms. The van der Waals surface area contributed by atoms with E-state index in [1.165, 1.54) is 16.8 Å². The molecule has 1 aromatic rings. The molecule has 2 heterocycles. The van der Waals surface area contributed by atoms with Crippen molar-refractivity contribution in [1.29, 1.82) is 0 Å². The van der Waals surface area contributed by atoms with E-state index in [4.69, 9.17) is 10.5 Å². The summed E-state index contributed by atoms with van der Waals surface area (Å²) in [6.07, 6.45) is 2.08. The molecule has 20 heavy (non-hydrogen) atoms. The molecule has 1 aromatic carbocycles. The fourth-order valence-corrected chi connectivity index (χ4v) is 4.77. The SMILES string of the molecule is COC12CC(N)CN(C)[C@@H]1CC1CNc3cccc2c31. The first kappa shape index (κ1) is 12.6. The van der Waals surface area contributed by atoms with Gasteiger partial charge in [0.1, 0.15) is 5.60 Å². The molecule has 1 fully saturated rings. The van der Waals surface area contributed by atoms with Crippen LogP contribution in [-0.2, 0) is 10.3 Å². The predicted octanol–water partition coefficient (Wildman–Crippen LogP) is 1.47. The Morgan fingerprint density at radius 1 is 1.45 bits per heavy atom. The third-order valence-electron chi connectivity index (χ3n) is 5.54. The summed E-state index contributed by atoms with van der Waals surface area (Å²) in [6, 6.07) is 7.19. The Morgan fingerprint density at radius 3 is 3.10 bits per heavy atom. The van der Waals surface area contributed by atoms with Gasteiger partial charge in [0.2, 0.25) is 0 Å². The molecule has 2 aliphatic heterocycles. The Morgan fingerprint density at radius 2 is 2.30 bits per heavy atom. The number of rotatable bonds is 1. The van der Waals surface area contributed by atoms with Gasteiger partial charge in [-0.05, 0) is 37.1 Å². The minimum absolute atomic E-state index is 0.179. The van der Waals surface area contributed by atoms with Gasteiger partial charge in [0.05, 0.1) is 0 Å². The number of likely N-dealkylation sites (tertiary alicyclic amines) is 1. The minimum Gasteiger partial charge on any atom is -0.384 e. The number of hydrogen-bond acceptors (Lipinski definition) is 4. The van der Waals surface area contributed by atoms with Gasteiger partial charge in [-0.3, -0.25) is 4.90 Å². The quantitative estimate of drug-likeness (QED) is 0.813. The topological polar surface area (TPSA) is 50.5 Å². The molecule has 0 aromatic heterocycles. The van der Waals surface area contributed by atoms with E-state index in [0.29, 0.717) is 12.0 Å². The number of fused-ring (bicyclic) bond motifs is 2. The van der Waals surface area contributed by atoms with E-state index < -0.39 is 0 Å². The molecular weight excluding hydrogens is 250 g/mol. The van der Waals surface area contributed by atoms with Crippen LogP contribution in [0.5, 0.6) is 0 Å². The summed E-state index contributed by atoms with van der Waals surface area (Å²) in [5.41, 5.74) is 10.2. The van der Waals surface area contributed by atoms with Gasteiger partial charge in [-0.25, -0.2) is 0 Å². The summed E-state index contributed by atoms with van der Waals surface area (Å²) in [5, 5.41) is 3.55. The Hall–Kier alpha value is -1.10. The van der Waals surface area contributed by atoms with Crippen molar-refractivity contribution in [1.82, 2.24) is 4.90 Å². The van der Waals surface area contributed by atoms with E-state index in [2.05, 4.69) is 35.5 Å². The van der Waals surface area contributed by atoms with Gasteiger partial charge in [-0.1, -0.05) is 12.1 Å². The average molecular weight is 273 g/mol. The lowest BCUT2D eigenvalue weighted by molar-refractivity contribution is -0.122. The van der Waals surface area contributed by atoms with Crippen LogP contribution in [0.2, 0.25) is 0 Å². The van der Waals surface area contributed by atoms with Crippen LogP contribution in [0, 0.1) is 0 Å². The summed E-state index contributed by atoms with van der Waals surface area (Å²) in [6.45, 7) is 2.02. The lowest BCUT2D eigenvalue weighted by Crippen LogP contribution is -2.62. The van der Waals surface area contributed by atoms with Gasteiger partial charge in [0, 0.05) is 43.9 Å². The van der Waals surface area contributed by atoms with Crippen LogP contribution in [0.1, 0.15) is 29.9 Å². The third-order valence-corrected chi connectivity index (χ3v) is 5.54. The molecule has 4 rings (SSSR count). The second-order valence-electron chi connectivity index (χ2n) is 6.59. The molecule has 1 saturated heterocycles. The van der Waals surface area contributed by atoms with Gasteiger partial charge in [-0.15, -0.1) is 0 Å². The number of hydrogen-bond donors (Lipinski definition) is 2. The van der Waals surface area contributed by atoms with E-state index >= 15 is 0 Å². The number of nitrogens with two attached hydrogens (primary N) is 1. The summed E-state index contributed by atoms with van der Waals surface area (Å²) in [5.74, 6) is 0.617. The highest BCUT2D eigenvalue weighted by molar-refractivity contribution is 5.64. The number of ether oxygens (including phenoxy) is 1. The Bertz CT molecular complexity index is 547. The molecule has 108 valence electrons. The molecule has 3 aliphatic rings. The van der Waals surface area contributed by atoms with Crippen LogP contribution >= 0.6 is 0 Å². The van der Waals surface area contributed by atoms with Crippen molar-refractivity contribution >= 4 is 5.69 Å². The molecule has 0 spiro atoms. The molecule has 4 nitrogen and oxygen atoms in total. The van der Waals surface area contributed by atoms with E-state index in [0.717, 1.165) is 25.9 Å². The normalized spacial score (nSPS) is 39.0. The van der Waals surface area contributed by atoms with Gasteiger partial charge in [0.15, 0.2) is 0 Å². The molecule has 4 atom stereocenters. The first-order chi connectivity index (χ1) is 9.65. The highest BCUT2D eigenvalue weighted by Gasteiger charge is 2.53. The van der Waals surface area contributed by atoms with Crippen molar-refractivity contribution in [2.75, 3.05) is 32.6 Å². The van der Waals surface area contributed by atoms with Gasteiger partial charge >= 0.3 is 0 Å². The van der Waals surface area contributed by atoms with Crippen LogP contribution in [0.15, 0.2) is 18.2 Å². The molecule has 0 radical (unpaired) electrons. The predicted molar refractivity (Wildman–Crippen MR) is 80.0 cm³/mol. The Labute approximate surface area is 120 Å². The molecule has 3 N–H and O–H groups in total. The Balaban J connectivity index is 1.92. The molecule has 0 saturated carbocycles. The Kier molecular flexibility index (Phi) is 2.65. The van der Waals surface area contributed by atoms with Crippen molar-refractivity contribution < 1.29 is 4.74 Å². The van der Waals surface area contributed by atoms with Crippen LogP contribution in [0.4, 0.5) is 5.69 Å². The average Bonchev–Trinajstić information content (AvgIpc) is 2.85. The number of nitrogens with one attached hydrogen (secondary N) is 1. The summed E-state index contributed by atoms with van der Waals surface area (Å²) >= 11 is 0. The summed E-state index contributed by atoms with van der Waals surface area (Å²) in [7, 11) is 4.04. The maximum absolute atomic E-state index is 6.30. The summed E-state index contributed by atoms with van der Waals surface area (Å²) < 4.78 is 6.13. The zero-order valence-electron chi connectivity index (χ0n) is 12.2.